The van der Waals surface area contributed by atoms with Crippen LogP contribution in [0.25, 0.3) is 0 Å². The van der Waals surface area contributed by atoms with E-state index in [1.54, 1.807) is 0 Å². The molecule has 0 aromatic carbocycles. The second kappa shape index (κ2) is 6.32. The molecule has 78 valence electrons. The van der Waals surface area contributed by atoms with E-state index in [2.05, 4.69) is 4.90 Å². The Morgan fingerprint density at radius 1 is 1.46 bits per heavy atom. The molecule has 0 bridgehead atoms. The van der Waals surface area contributed by atoms with Crippen LogP contribution in [-0.2, 0) is 4.74 Å². The fraction of sp³-hybridized carbons (Fsp3) is 1.00. The molecule has 3 N–H and O–H groups in total. The number of aliphatic hydroxyl groups is 1. The van der Waals surface area contributed by atoms with Crippen LogP contribution in [0.3, 0.4) is 0 Å². The van der Waals surface area contributed by atoms with Crippen LogP contribution in [0.4, 0.5) is 0 Å². The number of rotatable bonds is 5. The molecule has 1 rings (SSSR count). The van der Waals surface area contributed by atoms with E-state index in [1.165, 1.54) is 0 Å². The molecular weight excluding hydrogens is 168 g/mol. The van der Waals surface area contributed by atoms with Crippen LogP contribution in [0.1, 0.15) is 12.8 Å². The Morgan fingerprint density at radius 3 is 3.00 bits per heavy atom. The van der Waals surface area contributed by atoms with Gasteiger partial charge in [-0.1, -0.05) is 0 Å². The third-order valence-electron chi connectivity index (χ3n) is 2.46. The van der Waals surface area contributed by atoms with Crippen molar-refractivity contribution in [3.8, 4) is 0 Å². The highest BCUT2D eigenvalue weighted by molar-refractivity contribution is 4.74. The fourth-order valence-electron chi connectivity index (χ4n) is 1.61. The number of morpholine rings is 1. The van der Waals surface area contributed by atoms with Gasteiger partial charge in [0.2, 0.25) is 0 Å². The second-order valence-electron chi connectivity index (χ2n) is 3.44. The quantitative estimate of drug-likeness (QED) is 0.567. The van der Waals surface area contributed by atoms with E-state index >= 15 is 0 Å². The highest BCUT2D eigenvalue weighted by Gasteiger charge is 2.20. The van der Waals surface area contributed by atoms with E-state index in [0.717, 1.165) is 39.1 Å². The summed E-state index contributed by atoms with van der Waals surface area (Å²) in [5.41, 5.74) is 5.42. The summed E-state index contributed by atoms with van der Waals surface area (Å²) in [5, 5.41) is 9.07. The Kier molecular flexibility index (Phi) is 5.31. The maximum absolute atomic E-state index is 9.07. The minimum atomic E-state index is 0.197. The van der Waals surface area contributed by atoms with Gasteiger partial charge in [0.1, 0.15) is 0 Å². The lowest BCUT2D eigenvalue weighted by atomic mass is 10.2. The molecule has 0 aliphatic carbocycles. The molecule has 1 heterocycles. The smallest absolute Gasteiger partial charge is 0.0644 e. The first-order chi connectivity index (χ1) is 6.38. The monoisotopic (exact) mass is 188 g/mol. The molecule has 1 fully saturated rings. The van der Waals surface area contributed by atoms with Crippen molar-refractivity contribution in [2.24, 2.45) is 5.73 Å². The summed E-state index contributed by atoms with van der Waals surface area (Å²) in [7, 11) is 0. The molecule has 0 radical (unpaired) electrons. The van der Waals surface area contributed by atoms with E-state index in [1.807, 2.05) is 0 Å². The van der Waals surface area contributed by atoms with Crippen molar-refractivity contribution in [1.29, 1.82) is 0 Å². The highest BCUT2D eigenvalue weighted by atomic mass is 16.5. The summed E-state index contributed by atoms with van der Waals surface area (Å²) in [6, 6.07) is 0.200. The van der Waals surface area contributed by atoms with Crippen molar-refractivity contribution < 1.29 is 9.84 Å². The van der Waals surface area contributed by atoms with Crippen LogP contribution in [0.5, 0.6) is 0 Å². The number of unbranched alkanes of at least 4 members (excludes halogenated alkanes) is 1. The first-order valence-corrected chi connectivity index (χ1v) is 5.01. The summed E-state index contributed by atoms with van der Waals surface area (Å²) in [5.74, 6) is 0. The van der Waals surface area contributed by atoms with Gasteiger partial charge in [0.25, 0.3) is 0 Å². The number of nitrogens with two attached hydrogens (primary N) is 1. The van der Waals surface area contributed by atoms with Crippen molar-refractivity contribution in [3.63, 3.8) is 0 Å². The number of aliphatic hydroxyl groups excluding tert-OH is 1. The third-order valence-corrected chi connectivity index (χ3v) is 2.46. The van der Waals surface area contributed by atoms with E-state index in [0.29, 0.717) is 6.61 Å². The largest absolute Gasteiger partial charge is 0.395 e. The highest BCUT2D eigenvalue weighted by Crippen LogP contribution is 2.07. The standard InChI is InChI=1S/C9H20N2O2/c10-3-1-2-4-11-5-6-13-8-9(11)7-12/h9,12H,1-8,10H2. The van der Waals surface area contributed by atoms with Gasteiger partial charge >= 0.3 is 0 Å². The molecular formula is C9H20N2O2. The fourth-order valence-corrected chi connectivity index (χ4v) is 1.61. The van der Waals surface area contributed by atoms with Crippen LogP contribution in [0, 0.1) is 0 Å². The minimum Gasteiger partial charge on any atom is -0.395 e. The molecule has 4 heteroatoms. The van der Waals surface area contributed by atoms with Gasteiger partial charge < -0.3 is 15.6 Å². The van der Waals surface area contributed by atoms with Crippen LogP contribution < -0.4 is 5.73 Å². The molecule has 4 nitrogen and oxygen atoms in total. The van der Waals surface area contributed by atoms with Crippen molar-refractivity contribution >= 4 is 0 Å². The molecule has 0 spiro atoms. The lowest BCUT2D eigenvalue weighted by molar-refractivity contribution is -0.0277. The predicted molar refractivity (Wildman–Crippen MR) is 51.6 cm³/mol. The number of hydrogen-bond acceptors (Lipinski definition) is 4. The zero-order chi connectivity index (χ0) is 9.52. The van der Waals surface area contributed by atoms with Gasteiger partial charge in [-0.2, -0.15) is 0 Å². The predicted octanol–water partition coefficient (Wildman–Crippen LogP) is -0.582. The lowest BCUT2D eigenvalue weighted by Crippen LogP contribution is -2.47. The summed E-state index contributed by atoms with van der Waals surface area (Å²) in [4.78, 5) is 2.29. The van der Waals surface area contributed by atoms with Gasteiger partial charge in [0.15, 0.2) is 0 Å². The SMILES string of the molecule is NCCCCN1CCOCC1CO. The Labute approximate surface area is 79.7 Å². The average Bonchev–Trinajstić information content (AvgIpc) is 2.19. The van der Waals surface area contributed by atoms with Gasteiger partial charge in [-0.25, -0.2) is 0 Å². The van der Waals surface area contributed by atoms with Crippen LogP contribution in [-0.4, -0.2) is 55.5 Å². The molecule has 1 unspecified atom stereocenters. The average molecular weight is 188 g/mol. The van der Waals surface area contributed by atoms with Gasteiger partial charge in [-0.3, -0.25) is 4.90 Å². The van der Waals surface area contributed by atoms with E-state index in [-0.39, 0.29) is 12.6 Å². The summed E-state index contributed by atoms with van der Waals surface area (Å²) in [6.45, 7) is 4.39. The molecule has 1 atom stereocenters. The van der Waals surface area contributed by atoms with E-state index in [9.17, 15) is 0 Å². The van der Waals surface area contributed by atoms with Gasteiger partial charge in [-0.05, 0) is 25.9 Å². The summed E-state index contributed by atoms with van der Waals surface area (Å²) in [6.07, 6.45) is 2.18. The van der Waals surface area contributed by atoms with Crippen LogP contribution >= 0.6 is 0 Å². The molecule has 1 aliphatic heterocycles. The first-order valence-electron chi connectivity index (χ1n) is 5.01. The molecule has 1 saturated heterocycles. The molecule has 0 amide bonds. The van der Waals surface area contributed by atoms with Crippen molar-refractivity contribution in [3.05, 3.63) is 0 Å². The normalized spacial score (nSPS) is 24.9. The maximum Gasteiger partial charge on any atom is 0.0644 e. The van der Waals surface area contributed by atoms with Gasteiger partial charge in [0, 0.05) is 6.54 Å². The van der Waals surface area contributed by atoms with E-state index in [4.69, 9.17) is 15.6 Å². The van der Waals surface area contributed by atoms with Crippen LogP contribution in [0.2, 0.25) is 0 Å². The van der Waals surface area contributed by atoms with Crippen LogP contribution in [0.15, 0.2) is 0 Å². The maximum atomic E-state index is 9.07. The van der Waals surface area contributed by atoms with Crippen molar-refractivity contribution in [1.82, 2.24) is 4.90 Å². The number of nitrogens with zero attached hydrogens (tertiary/aromatic N) is 1. The zero-order valence-electron chi connectivity index (χ0n) is 8.11. The number of hydrogen-bond donors (Lipinski definition) is 2. The third kappa shape index (κ3) is 3.60. The summed E-state index contributed by atoms with van der Waals surface area (Å²) < 4.78 is 5.28. The topological polar surface area (TPSA) is 58.7 Å². The van der Waals surface area contributed by atoms with Gasteiger partial charge in [-0.15, -0.1) is 0 Å². The molecule has 13 heavy (non-hydrogen) atoms. The summed E-state index contributed by atoms with van der Waals surface area (Å²) >= 11 is 0. The van der Waals surface area contributed by atoms with Crippen molar-refractivity contribution in [2.75, 3.05) is 39.5 Å². The Balaban J connectivity index is 2.19. The van der Waals surface area contributed by atoms with Gasteiger partial charge in [0.05, 0.1) is 25.9 Å². The molecule has 1 aliphatic rings. The number of ether oxygens (including phenoxy) is 1. The molecule has 0 saturated carbocycles. The first kappa shape index (κ1) is 10.9. The van der Waals surface area contributed by atoms with Crippen molar-refractivity contribution in [2.45, 2.75) is 18.9 Å². The Morgan fingerprint density at radius 2 is 2.31 bits per heavy atom. The Hall–Kier alpha value is -0.160. The Bertz CT molecular complexity index is 133. The molecule has 0 aromatic heterocycles. The molecule has 0 aromatic rings. The zero-order valence-corrected chi connectivity index (χ0v) is 8.11. The van der Waals surface area contributed by atoms with E-state index < -0.39 is 0 Å². The minimum absolute atomic E-state index is 0.197. The second-order valence-corrected chi connectivity index (χ2v) is 3.44. The lowest BCUT2D eigenvalue weighted by Gasteiger charge is -2.34.